The minimum atomic E-state index is -0.0193. The molecule has 0 bridgehead atoms. The first-order chi connectivity index (χ1) is 61.7. The molecule has 0 amide bonds. The number of hydrogen-bond donors (Lipinski definition) is 0. The van der Waals surface area contributed by atoms with Crippen LogP contribution in [-0.4, -0.2) is 37.3 Å². The van der Waals surface area contributed by atoms with Gasteiger partial charge in [0.05, 0.1) is 36.6 Å². The Bertz CT molecular complexity index is 5630. The van der Waals surface area contributed by atoms with Crippen LogP contribution in [0.5, 0.6) is 40.2 Å². The van der Waals surface area contributed by atoms with Crippen LogP contribution in [0.1, 0.15) is 322 Å². The Hall–Kier alpha value is -10.1. The maximum Gasteiger partial charge on any atom is 0.231 e. The molecule has 11 aromatic carbocycles. The van der Waals surface area contributed by atoms with Gasteiger partial charge in [-0.3, -0.25) is 0 Å². The zero-order chi connectivity index (χ0) is 93.9. The van der Waals surface area contributed by atoms with Gasteiger partial charge in [-0.25, -0.2) is 0 Å². The van der Waals surface area contributed by atoms with Crippen LogP contribution in [0.4, 0.5) is 0 Å². The molecule has 0 spiro atoms. The molecular weight excluding hydrogens is 1600 g/mol. The van der Waals surface area contributed by atoms with Crippen molar-refractivity contribution in [3.63, 3.8) is 0 Å². The lowest BCUT2D eigenvalue weighted by Crippen LogP contribution is -2.20. The van der Waals surface area contributed by atoms with Gasteiger partial charge >= 0.3 is 0 Å². The van der Waals surface area contributed by atoms with Crippen molar-refractivity contribution >= 4 is 0 Å². The van der Waals surface area contributed by atoms with Crippen molar-refractivity contribution in [1.82, 2.24) is 0 Å². The molecule has 0 radical (unpaired) electrons. The van der Waals surface area contributed by atoms with Crippen molar-refractivity contribution in [1.29, 1.82) is 0 Å². The number of rotatable bonds is 26. The van der Waals surface area contributed by atoms with Gasteiger partial charge in [0.1, 0.15) is 59.3 Å². The van der Waals surface area contributed by atoms with E-state index in [1.54, 1.807) is 0 Å². The average molecular weight is 1750 g/mol. The lowest BCUT2D eigenvalue weighted by molar-refractivity contribution is 0.0288. The Kier molecular flexibility index (Phi) is 31.3. The van der Waals surface area contributed by atoms with Gasteiger partial charge in [-0.05, 0) is 391 Å². The molecule has 0 aromatic heterocycles. The average Bonchev–Trinajstić information content (AvgIpc) is 1.64. The standard InChI is InChI=1S/C44H56O3.C43H52O5.C33H42O2/c1-25-13-15-37(21-27(25)3)33(9)35(11)45-41-19-17-39(23-29(41)5)43-31(7)32(8)44(47-43)40-18-20-42(30(6)24-40)46-36(12)34(10)38-16-14-26(2)28(4)22-38;1-24-11-12-34(19-25(24)2)30(7)32(9)46-38-16-14-36(20-26(38)3)42-28(5)29(6)43(48-42)37-15-17-39(27(4)21-37)47-33(10)31(8)35-13-18-40-41(22-35)45-23-44-40;1-19-10-12-28(16-21(19)3)26(8)27(9)34-31-15-14-30(18-23(31)5)33-25(7)24(6)32(35-33)29-13-11-20(2)22(4)17-29/h13-24,31-36,43-44H,1-12H3;11-22,28-33,42-43H,23H2,1-10H3;10-18,24-27,32-33H,1-9H3. The molecule has 0 saturated carbocycles. The summed E-state index contributed by atoms with van der Waals surface area (Å²) in [5.74, 6) is 10.0. The summed E-state index contributed by atoms with van der Waals surface area (Å²) in [6, 6.07) is 72.7. The molecule has 11 aromatic rings. The van der Waals surface area contributed by atoms with Crippen molar-refractivity contribution in [3.8, 4) is 40.2 Å². The molecule has 10 heteroatoms. The fraction of sp³-hybridized carbons (Fsp3) is 0.450. The maximum absolute atomic E-state index is 6.86. The molecule has 3 saturated heterocycles. The van der Waals surface area contributed by atoms with Crippen molar-refractivity contribution in [2.24, 2.45) is 35.5 Å². The molecule has 4 aliphatic rings. The fourth-order valence-corrected chi connectivity index (χ4v) is 19.3. The van der Waals surface area contributed by atoms with Crippen LogP contribution in [0.2, 0.25) is 0 Å². The van der Waals surface area contributed by atoms with Crippen molar-refractivity contribution in [3.05, 3.63) is 345 Å². The molecule has 0 N–H and O–H groups in total. The van der Waals surface area contributed by atoms with E-state index >= 15 is 0 Å². The van der Waals surface area contributed by atoms with Crippen molar-refractivity contribution < 1.29 is 47.4 Å². The number of fused-ring (bicyclic) bond motifs is 1. The third-order valence-electron chi connectivity index (χ3n) is 31.0. The zero-order valence-corrected chi connectivity index (χ0v) is 84.0. The Morgan fingerprint density at radius 2 is 0.385 bits per heavy atom. The summed E-state index contributed by atoms with van der Waals surface area (Å²) in [6.07, 6.45) is 0.539. The van der Waals surface area contributed by atoms with E-state index in [1.807, 2.05) is 6.07 Å². The molecule has 4 aliphatic heterocycles. The first-order valence-electron chi connectivity index (χ1n) is 48.3. The summed E-state index contributed by atoms with van der Waals surface area (Å²) in [4.78, 5) is 0. The smallest absolute Gasteiger partial charge is 0.231 e. The number of benzene rings is 11. The van der Waals surface area contributed by atoms with Gasteiger partial charge in [-0.15, -0.1) is 0 Å². The summed E-state index contributed by atoms with van der Waals surface area (Å²) >= 11 is 0. The third-order valence-corrected chi connectivity index (χ3v) is 31.0. The molecular formula is C120H150O10. The third kappa shape index (κ3) is 22.0. The summed E-state index contributed by atoms with van der Waals surface area (Å²) in [7, 11) is 0. The first kappa shape index (κ1) is 97.4. The largest absolute Gasteiger partial charge is 0.490 e. The lowest BCUT2D eigenvalue weighted by Gasteiger charge is -2.25. The SMILES string of the molecule is Cc1ccc(C(C)C(C)Oc2ccc(C3OC(c4ccc(C)c(C)c4)C(C)C3C)cc2C)cc1C.Cc1ccc(C(C)C(C)Oc2ccc(C3OC(c4ccc(OC(C)C(C)c5ccc(C)c(C)c5)c(C)c4)C(C)C3C)cc2C)cc1C.Cc1ccc(C(C)C(C)Oc2ccc(C3OC(c4ccc(OC(C)C(C)c5ccc6c(c5)OCO6)c(C)c4)C(C)C3C)cc2C)cc1C. The van der Waals surface area contributed by atoms with E-state index in [-0.39, 0.29) is 97.6 Å². The van der Waals surface area contributed by atoms with E-state index in [9.17, 15) is 0 Å². The van der Waals surface area contributed by atoms with Crippen LogP contribution < -0.4 is 33.2 Å². The van der Waals surface area contributed by atoms with Crippen LogP contribution in [0, 0.1) is 139 Å². The summed E-state index contributed by atoms with van der Waals surface area (Å²) in [6.45, 7) is 68.6. The highest BCUT2D eigenvalue weighted by Crippen LogP contribution is 2.54. The minimum Gasteiger partial charge on any atom is -0.490 e. The van der Waals surface area contributed by atoms with Crippen molar-refractivity contribution in [2.45, 2.75) is 311 Å². The molecule has 0 aliphatic carbocycles. The van der Waals surface area contributed by atoms with Gasteiger partial charge in [-0.2, -0.15) is 0 Å². The van der Waals surface area contributed by atoms with Crippen LogP contribution in [0.3, 0.4) is 0 Å². The van der Waals surface area contributed by atoms with Crippen LogP contribution in [0.15, 0.2) is 200 Å². The molecule has 3 fully saturated rings. The van der Waals surface area contributed by atoms with E-state index in [0.29, 0.717) is 41.4 Å². The van der Waals surface area contributed by atoms with Gasteiger partial charge in [0, 0.05) is 29.6 Å². The normalized spacial score (nSPS) is 22.7. The molecule has 10 nitrogen and oxygen atoms in total. The summed E-state index contributed by atoms with van der Waals surface area (Å²) in [5, 5.41) is 0. The minimum absolute atomic E-state index is 0.0119. The van der Waals surface area contributed by atoms with Gasteiger partial charge in [0.25, 0.3) is 0 Å². The van der Waals surface area contributed by atoms with Crippen molar-refractivity contribution in [2.75, 3.05) is 6.79 Å². The molecule has 4 heterocycles. The Balaban J connectivity index is 0.000000168. The van der Waals surface area contributed by atoms with Crippen LogP contribution in [-0.2, 0) is 14.2 Å². The highest BCUT2D eigenvalue weighted by atomic mass is 16.7. The predicted octanol–water partition coefficient (Wildman–Crippen LogP) is 31.5. The van der Waals surface area contributed by atoms with Gasteiger partial charge in [0.15, 0.2) is 11.5 Å². The first-order valence-corrected chi connectivity index (χ1v) is 48.3. The second-order valence-electron chi connectivity index (χ2n) is 40.1. The van der Waals surface area contributed by atoms with Crippen LogP contribution in [0.25, 0.3) is 0 Å². The maximum atomic E-state index is 6.86. The monoisotopic (exact) mass is 1750 g/mol. The van der Waals surface area contributed by atoms with E-state index in [0.717, 1.165) is 62.5 Å². The quantitative estimate of drug-likeness (QED) is 0.0522. The number of ether oxygens (including phenoxy) is 10. The Labute approximate surface area is 781 Å². The van der Waals surface area contributed by atoms with E-state index in [1.165, 1.54) is 122 Å². The molecule has 690 valence electrons. The molecule has 130 heavy (non-hydrogen) atoms. The molecule has 15 rings (SSSR count). The second-order valence-corrected chi connectivity index (χ2v) is 40.1. The zero-order valence-electron chi connectivity index (χ0n) is 84.0. The fourth-order valence-electron chi connectivity index (χ4n) is 19.3. The van der Waals surface area contributed by atoms with E-state index < -0.39 is 0 Å². The predicted molar refractivity (Wildman–Crippen MR) is 535 cm³/mol. The highest BCUT2D eigenvalue weighted by molar-refractivity contribution is 5.49. The Morgan fingerprint density at radius 1 is 0.200 bits per heavy atom. The Morgan fingerprint density at radius 3 is 0.600 bits per heavy atom. The molecule has 22 unspecified atom stereocenters. The van der Waals surface area contributed by atoms with Gasteiger partial charge in [-0.1, -0.05) is 204 Å². The lowest BCUT2D eigenvalue weighted by atomic mass is 9.84. The molecule has 22 atom stereocenters. The number of hydrogen-bond acceptors (Lipinski definition) is 10. The number of aryl methyl sites for hydroxylation is 15. The van der Waals surface area contributed by atoms with Gasteiger partial charge < -0.3 is 47.4 Å². The summed E-state index contributed by atoms with van der Waals surface area (Å²) < 4.78 is 64.1. The van der Waals surface area contributed by atoms with Gasteiger partial charge in [0.2, 0.25) is 6.79 Å². The van der Waals surface area contributed by atoms with E-state index in [4.69, 9.17) is 47.4 Å². The topological polar surface area (TPSA) is 92.3 Å². The second kappa shape index (κ2) is 41.8. The highest BCUT2D eigenvalue weighted by Gasteiger charge is 2.44. The van der Waals surface area contributed by atoms with E-state index in [2.05, 4.69) is 409 Å². The van der Waals surface area contributed by atoms with Crippen LogP contribution >= 0.6 is 0 Å². The summed E-state index contributed by atoms with van der Waals surface area (Å²) in [5.41, 5.74) is 32.8.